The van der Waals surface area contributed by atoms with Crippen molar-refractivity contribution in [1.29, 1.82) is 0 Å². The molecule has 0 saturated heterocycles. The first-order chi connectivity index (χ1) is 9.71. The van der Waals surface area contributed by atoms with Gasteiger partial charge in [0.25, 0.3) is 0 Å². The SMILES string of the molecule is CC(C)(C)[Si](C)(C)OC1CCc2c1nc1c(c2N)CCC1. The number of aromatic nitrogens is 1. The van der Waals surface area contributed by atoms with Gasteiger partial charge < -0.3 is 10.2 Å². The summed E-state index contributed by atoms with van der Waals surface area (Å²) in [6, 6.07) is 0. The highest BCUT2D eigenvalue weighted by Gasteiger charge is 2.42. The quantitative estimate of drug-likeness (QED) is 0.835. The van der Waals surface area contributed by atoms with Gasteiger partial charge in [0.05, 0.1) is 11.8 Å². The highest BCUT2D eigenvalue weighted by molar-refractivity contribution is 6.74. The lowest BCUT2D eigenvalue weighted by molar-refractivity contribution is 0.181. The maximum atomic E-state index is 6.63. The number of nitrogens with zero attached hydrogens (tertiary/aromatic N) is 1. The van der Waals surface area contributed by atoms with E-state index in [1.54, 1.807) is 0 Å². The molecule has 0 aromatic carbocycles. The van der Waals surface area contributed by atoms with Gasteiger partial charge in [-0.1, -0.05) is 20.8 Å². The van der Waals surface area contributed by atoms with Crippen molar-refractivity contribution in [1.82, 2.24) is 4.98 Å². The lowest BCUT2D eigenvalue weighted by atomic mass is 10.1. The summed E-state index contributed by atoms with van der Waals surface area (Å²) in [6.45, 7) is 11.5. The van der Waals surface area contributed by atoms with Gasteiger partial charge in [-0.05, 0) is 61.4 Å². The predicted octanol–water partition coefficient (Wildman–Crippen LogP) is 4.16. The Balaban J connectivity index is 1.93. The number of nitrogen functional groups attached to an aromatic ring is 1. The number of nitrogens with two attached hydrogens (primary N) is 1. The van der Waals surface area contributed by atoms with Crippen molar-refractivity contribution >= 4 is 14.0 Å². The molecule has 1 atom stereocenters. The number of aryl methyl sites for hydroxylation is 1. The maximum Gasteiger partial charge on any atom is 0.192 e. The largest absolute Gasteiger partial charge is 0.408 e. The summed E-state index contributed by atoms with van der Waals surface area (Å²) in [7, 11) is -1.76. The van der Waals surface area contributed by atoms with Gasteiger partial charge in [0.2, 0.25) is 0 Å². The molecule has 3 rings (SSSR count). The van der Waals surface area contributed by atoms with Gasteiger partial charge in [0.15, 0.2) is 8.32 Å². The summed E-state index contributed by atoms with van der Waals surface area (Å²) in [5.74, 6) is 0. The number of anilines is 1. The van der Waals surface area contributed by atoms with Crippen LogP contribution < -0.4 is 5.73 Å². The zero-order chi connectivity index (χ0) is 15.4. The van der Waals surface area contributed by atoms with E-state index in [1.807, 2.05) is 0 Å². The van der Waals surface area contributed by atoms with Gasteiger partial charge in [0.1, 0.15) is 0 Å². The molecule has 116 valence electrons. The molecule has 0 bridgehead atoms. The minimum atomic E-state index is -1.76. The van der Waals surface area contributed by atoms with E-state index >= 15 is 0 Å². The first-order valence-corrected chi connectivity index (χ1v) is 11.1. The second-order valence-corrected chi connectivity index (χ2v) is 12.8. The van der Waals surface area contributed by atoms with Crippen LogP contribution in [0.25, 0.3) is 0 Å². The standard InChI is InChI=1S/C17H28N2OSi/c1-17(2,3)21(4,5)20-14-10-9-12-15(18)11-7-6-8-13(11)19-16(12)14/h14H,6-10H2,1-5H3,(H2,18,19). The van der Waals surface area contributed by atoms with Crippen molar-refractivity contribution < 1.29 is 4.43 Å². The first kappa shape index (κ1) is 15.0. The van der Waals surface area contributed by atoms with Gasteiger partial charge in [-0.2, -0.15) is 0 Å². The van der Waals surface area contributed by atoms with Crippen LogP contribution in [0.3, 0.4) is 0 Å². The molecule has 2 aliphatic carbocycles. The topological polar surface area (TPSA) is 48.1 Å². The summed E-state index contributed by atoms with van der Waals surface area (Å²) >= 11 is 0. The number of pyridine rings is 1. The van der Waals surface area contributed by atoms with E-state index in [2.05, 4.69) is 33.9 Å². The van der Waals surface area contributed by atoms with E-state index in [9.17, 15) is 0 Å². The Labute approximate surface area is 129 Å². The molecule has 3 nitrogen and oxygen atoms in total. The second-order valence-electron chi connectivity index (χ2n) is 8.07. The molecule has 0 spiro atoms. The lowest BCUT2D eigenvalue weighted by Gasteiger charge is -2.38. The van der Waals surface area contributed by atoms with Crippen LogP contribution in [0.2, 0.25) is 18.1 Å². The van der Waals surface area contributed by atoms with E-state index in [0.717, 1.165) is 37.1 Å². The fraction of sp³-hybridized carbons (Fsp3) is 0.706. The Bertz CT molecular complexity index is 575. The van der Waals surface area contributed by atoms with Crippen molar-refractivity contribution in [3.8, 4) is 0 Å². The van der Waals surface area contributed by atoms with Gasteiger partial charge in [0, 0.05) is 11.4 Å². The zero-order valence-electron chi connectivity index (χ0n) is 14.0. The van der Waals surface area contributed by atoms with Gasteiger partial charge in [-0.15, -0.1) is 0 Å². The molecule has 4 heteroatoms. The highest BCUT2D eigenvalue weighted by atomic mass is 28.4. The minimum Gasteiger partial charge on any atom is -0.408 e. The van der Waals surface area contributed by atoms with E-state index in [-0.39, 0.29) is 11.1 Å². The van der Waals surface area contributed by atoms with E-state index in [1.165, 1.54) is 23.2 Å². The smallest absolute Gasteiger partial charge is 0.192 e. The maximum absolute atomic E-state index is 6.63. The Morgan fingerprint density at radius 3 is 2.52 bits per heavy atom. The van der Waals surface area contributed by atoms with E-state index in [4.69, 9.17) is 15.1 Å². The Morgan fingerprint density at radius 1 is 1.14 bits per heavy atom. The molecule has 1 unspecified atom stereocenters. The van der Waals surface area contributed by atoms with Crippen LogP contribution in [0.15, 0.2) is 0 Å². The van der Waals surface area contributed by atoms with Crippen LogP contribution in [0.1, 0.15) is 62.2 Å². The lowest BCUT2D eigenvalue weighted by Crippen LogP contribution is -2.41. The summed E-state index contributed by atoms with van der Waals surface area (Å²) < 4.78 is 6.63. The number of fused-ring (bicyclic) bond motifs is 2. The molecule has 2 N–H and O–H groups in total. The van der Waals surface area contributed by atoms with Gasteiger partial charge in [-0.25, -0.2) is 0 Å². The van der Waals surface area contributed by atoms with Gasteiger partial charge in [-0.3, -0.25) is 4.98 Å². The summed E-state index contributed by atoms with van der Waals surface area (Å²) in [5, 5.41) is 0.234. The minimum absolute atomic E-state index is 0.161. The van der Waals surface area contributed by atoms with Crippen molar-refractivity contribution in [3.05, 3.63) is 22.5 Å². The zero-order valence-corrected chi connectivity index (χ0v) is 15.0. The molecule has 0 saturated carbocycles. The van der Waals surface area contributed by atoms with Crippen molar-refractivity contribution in [2.75, 3.05) is 5.73 Å². The van der Waals surface area contributed by atoms with Crippen LogP contribution in [0.4, 0.5) is 5.69 Å². The molecule has 1 heterocycles. The fourth-order valence-electron chi connectivity index (χ4n) is 3.26. The van der Waals surface area contributed by atoms with E-state index < -0.39 is 8.32 Å². The number of hydrogen-bond acceptors (Lipinski definition) is 3. The Kier molecular flexibility index (Phi) is 3.45. The molecule has 0 amide bonds. The second kappa shape index (κ2) is 4.82. The Morgan fingerprint density at radius 2 is 1.86 bits per heavy atom. The highest BCUT2D eigenvalue weighted by Crippen LogP contribution is 2.45. The monoisotopic (exact) mass is 304 g/mol. The third-order valence-corrected chi connectivity index (χ3v) is 10.1. The van der Waals surface area contributed by atoms with Crippen LogP contribution in [0, 0.1) is 0 Å². The average molecular weight is 305 g/mol. The molecule has 0 aliphatic heterocycles. The third kappa shape index (κ3) is 2.42. The van der Waals surface area contributed by atoms with Crippen LogP contribution in [-0.2, 0) is 23.7 Å². The molecule has 1 aromatic rings. The van der Waals surface area contributed by atoms with Crippen molar-refractivity contribution in [3.63, 3.8) is 0 Å². The van der Waals surface area contributed by atoms with E-state index in [0.29, 0.717) is 0 Å². The van der Waals surface area contributed by atoms with Crippen molar-refractivity contribution in [2.45, 2.75) is 77.1 Å². The molecule has 0 fully saturated rings. The summed E-state index contributed by atoms with van der Waals surface area (Å²) in [4.78, 5) is 4.96. The van der Waals surface area contributed by atoms with Crippen LogP contribution in [0.5, 0.6) is 0 Å². The summed E-state index contributed by atoms with van der Waals surface area (Å²) in [6.07, 6.45) is 5.62. The van der Waals surface area contributed by atoms with Gasteiger partial charge >= 0.3 is 0 Å². The molecule has 0 radical (unpaired) electrons. The van der Waals surface area contributed by atoms with Crippen LogP contribution >= 0.6 is 0 Å². The molecular weight excluding hydrogens is 276 g/mol. The Hall–Kier alpha value is -0.873. The number of hydrogen-bond donors (Lipinski definition) is 1. The normalized spacial score (nSPS) is 21.5. The fourth-order valence-corrected chi connectivity index (χ4v) is 4.56. The third-order valence-electron chi connectivity index (χ3n) is 5.61. The average Bonchev–Trinajstić information content (AvgIpc) is 2.96. The number of rotatable bonds is 2. The molecule has 1 aromatic heterocycles. The van der Waals surface area contributed by atoms with Crippen molar-refractivity contribution in [2.24, 2.45) is 0 Å². The van der Waals surface area contributed by atoms with Crippen LogP contribution in [-0.4, -0.2) is 13.3 Å². The molecule has 2 aliphatic rings. The summed E-state index contributed by atoms with van der Waals surface area (Å²) in [5.41, 5.74) is 12.4. The first-order valence-electron chi connectivity index (χ1n) is 8.18. The molecular formula is C17H28N2OSi. The molecule has 21 heavy (non-hydrogen) atoms. The predicted molar refractivity (Wildman–Crippen MR) is 90.0 cm³/mol.